The Labute approximate surface area is 120 Å². The van der Waals surface area contributed by atoms with E-state index in [0.29, 0.717) is 12.0 Å². The molecule has 1 heterocycles. The summed E-state index contributed by atoms with van der Waals surface area (Å²) in [5, 5.41) is 18.6. The van der Waals surface area contributed by atoms with E-state index in [1.807, 2.05) is 18.7 Å². The van der Waals surface area contributed by atoms with Crippen LogP contribution in [0.15, 0.2) is 0 Å². The molecule has 4 nitrogen and oxygen atoms in total. The van der Waals surface area contributed by atoms with Gasteiger partial charge in [-0.05, 0) is 31.6 Å². The van der Waals surface area contributed by atoms with Gasteiger partial charge in [-0.3, -0.25) is 4.68 Å². The quantitative estimate of drug-likeness (QED) is 0.897. The van der Waals surface area contributed by atoms with Gasteiger partial charge in [-0.25, -0.2) is 0 Å². The van der Waals surface area contributed by atoms with Crippen LogP contribution in [0.1, 0.15) is 44.5 Å². The van der Waals surface area contributed by atoms with Crippen molar-refractivity contribution >= 4 is 11.6 Å². The van der Waals surface area contributed by atoms with Crippen molar-refractivity contribution in [2.24, 2.45) is 12.5 Å². The number of aryl methyl sites for hydroxylation is 2. The molecule has 19 heavy (non-hydrogen) atoms. The highest BCUT2D eigenvalue weighted by Crippen LogP contribution is 2.35. The van der Waals surface area contributed by atoms with E-state index >= 15 is 0 Å². The number of aliphatic hydroxyl groups excluding tert-OH is 1. The fourth-order valence-corrected chi connectivity index (χ4v) is 3.11. The Balaban J connectivity index is 2.01. The maximum Gasteiger partial charge on any atom is 0.0860 e. The van der Waals surface area contributed by atoms with E-state index in [4.69, 9.17) is 11.6 Å². The summed E-state index contributed by atoms with van der Waals surface area (Å²) < 4.78 is 1.81. The first kappa shape index (κ1) is 14.8. The summed E-state index contributed by atoms with van der Waals surface area (Å²) in [5.41, 5.74) is 2.13. The van der Waals surface area contributed by atoms with Crippen molar-refractivity contribution in [2.45, 2.75) is 58.7 Å². The predicted octanol–water partition coefficient (Wildman–Crippen LogP) is 2.41. The molecule has 1 aliphatic carbocycles. The minimum atomic E-state index is -0.263. The first-order valence-corrected chi connectivity index (χ1v) is 7.27. The molecule has 5 heteroatoms. The fraction of sp³-hybridized carbons (Fsp3) is 0.786. The van der Waals surface area contributed by atoms with E-state index in [2.05, 4.69) is 24.3 Å². The van der Waals surface area contributed by atoms with Crippen LogP contribution in [0.25, 0.3) is 0 Å². The lowest BCUT2D eigenvalue weighted by Crippen LogP contribution is -2.46. The van der Waals surface area contributed by atoms with Crippen LogP contribution in [0.3, 0.4) is 0 Å². The smallest absolute Gasteiger partial charge is 0.0860 e. The van der Waals surface area contributed by atoms with E-state index in [1.54, 1.807) is 0 Å². The lowest BCUT2D eigenvalue weighted by atomic mass is 9.74. The van der Waals surface area contributed by atoms with Crippen LogP contribution in [0.2, 0.25) is 5.02 Å². The second-order valence-corrected chi connectivity index (χ2v) is 6.81. The second kappa shape index (κ2) is 5.43. The number of aliphatic hydroxyl groups is 1. The molecule has 0 aromatic carbocycles. The molecule has 1 saturated carbocycles. The largest absolute Gasteiger partial charge is 0.392 e. The molecule has 1 aromatic heterocycles. The molecule has 108 valence electrons. The van der Waals surface area contributed by atoms with Crippen molar-refractivity contribution in [3.05, 3.63) is 16.4 Å². The molecule has 0 amide bonds. The van der Waals surface area contributed by atoms with Crippen LogP contribution in [0.4, 0.5) is 0 Å². The summed E-state index contributed by atoms with van der Waals surface area (Å²) in [4.78, 5) is 0. The first-order chi connectivity index (χ1) is 8.80. The van der Waals surface area contributed by atoms with Crippen molar-refractivity contribution in [3.8, 4) is 0 Å². The van der Waals surface area contributed by atoms with Crippen LogP contribution in [0, 0.1) is 12.3 Å². The van der Waals surface area contributed by atoms with Crippen LogP contribution < -0.4 is 5.32 Å². The highest BCUT2D eigenvalue weighted by Gasteiger charge is 2.33. The molecule has 1 fully saturated rings. The second-order valence-electron chi connectivity index (χ2n) is 6.43. The summed E-state index contributed by atoms with van der Waals surface area (Å²) in [5.74, 6) is 0. The van der Waals surface area contributed by atoms with Gasteiger partial charge in [0.25, 0.3) is 0 Å². The third-order valence-corrected chi connectivity index (χ3v) is 4.64. The highest BCUT2D eigenvalue weighted by atomic mass is 35.5. The maximum atomic E-state index is 10.1. The minimum Gasteiger partial charge on any atom is -0.392 e. The number of nitrogens with one attached hydrogen (secondary N) is 1. The normalized spacial score (nSPS) is 26.6. The Hall–Kier alpha value is -0.580. The molecule has 0 radical (unpaired) electrons. The molecular weight excluding hydrogens is 262 g/mol. The third-order valence-electron chi connectivity index (χ3n) is 4.15. The number of aromatic nitrogens is 2. The van der Waals surface area contributed by atoms with Crippen molar-refractivity contribution in [1.29, 1.82) is 0 Å². The summed E-state index contributed by atoms with van der Waals surface area (Å²) in [6.07, 6.45) is 2.67. The summed E-state index contributed by atoms with van der Waals surface area (Å²) in [7, 11) is 1.90. The highest BCUT2D eigenvalue weighted by molar-refractivity contribution is 6.31. The minimum absolute atomic E-state index is 0.134. The van der Waals surface area contributed by atoms with Crippen LogP contribution in [0.5, 0.6) is 0 Å². The topological polar surface area (TPSA) is 50.1 Å². The number of nitrogens with zero attached hydrogens (tertiary/aromatic N) is 2. The van der Waals surface area contributed by atoms with Gasteiger partial charge in [0.2, 0.25) is 0 Å². The Kier molecular flexibility index (Phi) is 4.23. The zero-order valence-corrected chi connectivity index (χ0v) is 13.0. The average Bonchev–Trinajstić information content (AvgIpc) is 2.55. The van der Waals surface area contributed by atoms with Gasteiger partial charge >= 0.3 is 0 Å². The summed E-state index contributed by atoms with van der Waals surface area (Å²) in [6, 6.07) is 0.134. The lowest BCUT2D eigenvalue weighted by Gasteiger charge is -2.39. The van der Waals surface area contributed by atoms with E-state index in [1.165, 1.54) is 0 Å². The molecule has 0 unspecified atom stereocenters. The fourth-order valence-electron chi connectivity index (χ4n) is 2.88. The van der Waals surface area contributed by atoms with Gasteiger partial charge < -0.3 is 10.4 Å². The number of halogens is 1. The Morgan fingerprint density at radius 3 is 2.79 bits per heavy atom. The summed E-state index contributed by atoms with van der Waals surface area (Å²) >= 11 is 6.24. The Morgan fingerprint density at radius 1 is 1.53 bits per heavy atom. The molecule has 0 saturated heterocycles. The third kappa shape index (κ3) is 3.30. The van der Waals surface area contributed by atoms with Gasteiger partial charge in [0.1, 0.15) is 0 Å². The SMILES string of the molecule is Cc1nn(C)c(CN[C@@H]2CC(C)(C)CC[C@H]2O)c1Cl. The van der Waals surface area contributed by atoms with Crippen molar-refractivity contribution in [1.82, 2.24) is 15.1 Å². The Morgan fingerprint density at radius 2 is 2.21 bits per heavy atom. The van der Waals surface area contributed by atoms with Gasteiger partial charge in [-0.15, -0.1) is 0 Å². The monoisotopic (exact) mass is 285 g/mol. The predicted molar refractivity (Wildman–Crippen MR) is 77.2 cm³/mol. The average molecular weight is 286 g/mol. The molecule has 0 spiro atoms. The molecule has 1 aliphatic rings. The molecule has 2 rings (SSSR count). The van der Waals surface area contributed by atoms with E-state index in [0.717, 1.165) is 35.7 Å². The van der Waals surface area contributed by atoms with Gasteiger partial charge in [-0.1, -0.05) is 25.4 Å². The van der Waals surface area contributed by atoms with Gasteiger partial charge in [0.15, 0.2) is 0 Å². The lowest BCUT2D eigenvalue weighted by molar-refractivity contribution is 0.0425. The van der Waals surface area contributed by atoms with E-state index in [-0.39, 0.29) is 12.1 Å². The van der Waals surface area contributed by atoms with Gasteiger partial charge in [-0.2, -0.15) is 5.10 Å². The number of hydrogen-bond donors (Lipinski definition) is 2. The number of rotatable bonds is 3. The van der Waals surface area contributed by atoms with Crippen molar-refractivity contribution < 1.29 is 5.11 Å². The maximum absolute atomic E-state index is 10.1. The van der Waals surface area contributed by atoms with Crippen molar-refractivity contribution in [2.75, 3.05) is 0 Å². The standard InChI is InChI=1S/C14H24ClN3O/c1-9-13(15)11(18(4)17-9)8-16-10-7-14(2,3)6-5-12(10)19/h10,12,16,19H,5-8H2,1-4H3/t10-,12-/m1/s1. The molecule has 0 aliphatic heterocycles. The van der Waals surface area contributed by atoms with Gasteiger partial charge in [0.05, 0.1) is 22.5 Å². The van der Waals surface area contributed by atoms with Gasteiger partial charge in [0, 0.05) is 19.6 Å². The van der Waals surface area contributed by atoms with Crippen LogP contribution in [-0.2, 0) is 13.6 Å². The van der Waals surface area contributed by atoms with Crippen LogP contribution >= 0.6 is 11.6 Å². The molecule has 2 atom stereocenters. The van der Waals surface area contributed by atoms with Crippen molar-refractivity contribution in [3.63, 3.8) is 0 Å². The molecular formula is C14H24ClN3O. The van der Waals surface area contributed by atoms with E-state index in [9.17, 15) is 5.11 Å². The zero-order chi connectivity index (χ0) is 14.2. The molecule has 1 aromatic rings. The summed E-state index contributed by atoms with van der Waals surface area (Å²) in [6.45, 7) is 7.07. The van der Waals surface area contributed by atoms with E-state index < -0.39 is 0 Å². The van der Waals surface area contributed by atoms with Crippen LogP contribution in [-0.4, -0.2) is 27.0 Å². The zero-order valence-electron chi connectivity index (χ0n) is 12.2. The number of hydrogen-bond acceptors (Lipinski definition) is 3. The first-order valence-electron chi connectivity index (χ1n) is 6.89. The molecule has 2 N–H and O–H groups in total. The molecule has 0 bridgehead atoms. The Bertz CT molecular complexity index is 456.